The van der Waals surface area contributed by atoms with Crippen molar-refractivity contribution in [2.45, 2.75) is 90.4 Å². The third kappa shape index (κ3) is 12.6. The lowest BCUT2D eigenvalue weighted by Crippen LogP contribution is -2.60. The van der Waals surface area contributed by atoms with Crippen LogP contribution in [0.3, 0.4) is 0 Å². The summed E-state index contributed by atoms with van der Waals surface area (Å²) in [6.07, 6.45) is 1.64. The molecule has 84 heavy (non-hydrogen) atoms. The van der Waals surface area contributed by atoms with Gasteiger partial charge in [-0.3, -0.25) is 43.6 Å². The van der Waals surface area contributed by atoms with Crippen LogP contribution in [-0.4, -0.2) is 172 Å². The fourth-order valence-electron chi connectivity index (χ4n) is 10.6. The Balaban J connectivity index is 0.000000199. The maximum atomic E-state index is 14.3. The highest BCUT2D eigenvalue weighted by atomic mass is 35.5. The van der Waals surface area contributed by atoms with Crippen LogP contribution in [0.15, 0.2) is 84.9 Å². The first-order chi connectivity index (χ1) is 39.5. The molecule has 6 heterocycles. The normalized spacial score (nSPS) is 16.9. The van der Waals surface area contributed by atoms with E-state index in [-0.39, 0.29) is 85.1 Å². The quantitative estimate of drug-likeness (QED) is 0.0846. The van der Waals surface area contributed by atoms with Crippen molar-refractivity contribution in [1.29, 1.82) is 0 Å². The van der Waals surface area contributed by atoms with E-state index < -0.39 is 58.6 Å². The molecule has 6 aromatic rings. The van der Waals surface area contributed by atoms with E-state index in [9.17, 15) is 47.1 Å². The van der Waals surface area contributed by atoms with E-state index in [1.54, 1.807) is 94.8 Å². The molecule has 0 bridgehead atoms. The molecule has 0 aliphatic carbocycles. The largest absolute Gasteiger partial charge is 0.480 e. The Kier molecular flexibility index (Phi) is 19.3. The number of carbonyl (C=O) groups excluding carboxylic acids is 7. The second kappa shape index (κ2) is 26.0. The second-order valence-corrected chi connectivity index (χ2v) is 21.4. The summed E-state index contributed by atoms with van der Waals surface area (Å²) in [4.78, 5) is 108. The molecule has 25 nitrogen and oxygen atoms in total. The molecule has 4 aromatic carbocycles. The van der Waals surface area contributed by atoms with Crippen molar-refractivity contribution in [2.24, 2.45) is 11.8 Å². The molecule has 444 valence electrons. The Bertz CT molecular complexity index is 3390. The van der Waals surface area contributed by atoms with Gasteiger partial charge in [-0.1, -0.05) is 51.0 Å². The standard InChI is InChI=1S/C28H31FN8O4.C15H17N7O2.C13H16FNO3.ClH/c1-16(2)22(30-24(38)20-15-17(3)5-10-21(20)29)25(39)36-13-11-28(12-14-36)26(40)35(4)27(41)37(28)19-8-6-18(7-9-19)23-31-33-34-32-23;1-21-13(23)15(6-8-16-9-7-15)22(14(21)24)11-4-2-10(3-5-11)12-17-19-20-18-12;1-7(2)11(13(17)18)15-12(16)9-6-8(3)4-5-10(9)14;/h5-10,15-16,22H,11-14H2,1-4H3,(H,30,38)(H,31,32,33,34);2-5,16H,6-9H2,1H3,(H,17,18,19,20);4-7,11H,1-3H3,(H,15,16)(H,17,18);1H/t22-;;11-;/m1.1./s1. The number of piperidine rings is 2. The van der Waals surface area contributed by atoms with Crippen LogP contribution in [0.5, 0.6) is 0 Å². The number of aromatic nitrogens is 8. The van der Waals surface area contributed by atoms with E-state index in [4.69, 9.17) is 5.11 Å². The Morgan fingerprint density at radius 2 is 0.988 bits per heavy atom. The molecule has 4 saturated heterocycles. The van der Waals surface area contributed by atoms with Crippen LogP contribution in [0.25, 0.3) is 22.8 Å². The zero-order chi connectivity index (χ0) is 60.1. The molecule has 2 atom stereocenters. The van der Waals surface area contributed by atoms with Crippen molar-refractivity contribution in [3.05, 3.63) is 119 Å². The van der Waals surface area contributed by atoms with E-state index in [2.05, 4.69) is 57.2 Å². The number of halogens is 3. The number of aryl methyl sites for hydroxylation is 2. The smallest absolute Gasteiger partial charge is 0.331 e. The summed E-state index contributed by atoms with van der Waals surface area (Å²) in [5.41, 5.74) is 1.97. The Hall–Kier alpha value is -9.11. The molecule has 10 rings (SSSR count). The van der Waals surface area contributed by atoms with Crippen LogP contribution < -0.4 is 25.8 Å². The topological polar surface area (TPSA) is 318 Å². The first kappa shape index (κ1) is 62.5. The molecule has 0 saturated carbocycles. The number of tetrazole rings is 2. The van der Waals surface area contributed by atoms with E-state index in [0.717, 1.165) is 21.6 Å². The predicted molar refractivity (Wildman–Crippen MR) is 303 cm³/mol. The molecule has 4 aliphatic rings. The number of amides is 9. The van der Waals surface area contributed by atoms with Crippen molar-refractivity contribution < 1.29 is 52.2 Å². The number of urea groups is 2. The van der Waals surface area contributed by atoms with Crippen molar-refractivity contribution in [2.75, 3.05) is 50.1 Å². The summed E-state index contributed by atoms with van der Waals surface area (Å²) in [5, 5.41) is 44.9. The summed E-state index contributed by atoms with van der Waals surface area (Å²) in [6, 6.07) is 19.9. The maximum Gasteiger partial charge on any atom is 0.331 e. The van der Waals surface area contributed by atoms with Crippen molar-refractivity contribution >= 4 is 71.3 Å². The van der Waals surface area contributed by atoms with Gasteiger partial charge in [-0.25, -0.2) is 23.2 Å². The molecular formula is C56H65ClF2N16O9. The molecule has 6 N–H and O–H groups in total. The number of aliphatic carboxylic acids is 1. The van der Waals surface area contributed by atoms with Crippen LogP contribution in [0.2, 0.25) is 0 Å². The van der Waals surface area contributed by atoms with Gasteiger partial charge < -0.3 is 26.0 Å². The number of carboxylic acids is 1. The van der Waals surface area contributed by atoms with Crippen LogP contribution in [0.1, 0.15) is 85.2 Å². The van der Waals surface area contributed by atoms with Gasteiger partial charge in [0, 0.05) is 49.7 Å². The van der Waals surface area contributed by atoms with Gasteiger partial charge in [0.05, 0.1) is 11.1 Å². The summed E-state index contributed by atoms with van der Waals surface area (Å²) in [7, 11) is 2.99. The number of H-pyrrole nitrogens is 2. The van der Waals surface area contributed by atoms with Crippen LogP contribution in [0.4, 0.5) is 29.7 Å². The number of anilines is 2. The Labute approximate surface area is 487 Å². The average molecular weight is 1180 g/mol. The number of nitrogens with zero attached hydrogens (tertiary/aromatic N) is 11. The van der Waals surface area contributed by atoms with Crippen molar-refractivity contribution in [3.63, 3.8) is 0 Å². The molecular weight excluding hydrogens is 1110 g/mol. The van der Waals surface area contributed by atoms with Gasteiger partial charge in [0.25, 0.3) is 23.6 Å². The zero-order valence-electron chi connectivity index (χ0n) is 47.3. The number of likely N-dealkylation sites (N-methyl/N-ethyl adjacent to an activating group) is 2. The number of carbonyl (C=O) groups is 8. The first-order valence-corrected chi connectivity index (χ1v) is 26.8. The minimum Gasteiger partial charge on any atom is -0.480 e. The molecule has 2 spiro atoms. The van der Waals surface area contributed by atoms with Crippen molar-refractivity contribution in [1.82, 2.24) is 71.9 Å². The third-order valence-corrected chi connectivity index (χ3v) is 15.2. The lowest BCUT2D eigenvalue weighted by molar-refractivity contribution is -0.140. The van der Waals surface area contributed by atoms with Crippen LogP contribution in [0, 0.1) is 37.3 Å². The van der Waals surface area contributed by atoms with Crippen LogP contribution >= 0.6 is 12.4 Å². The van der Waals surface area contributed by atoms with Gasteiger partial charge in [-0.05, 0) is 148 Å². The van der Waals surface area contributed by atoms with Gasteiger partial charge >= 0.3 is 18.0 Å². The minimum atomic E-state index is -1.16. The van der Waals surface area contributed by atoms with E-state index in [1.165, 1.54) is 41.1 Å². The Morgan fingerprint density at radius 3 is 1.36 bits per heavy atom. The highest BCUT2D eigenvalue weighted by Crippen LogP contribution is 2.42. The van der Waals surface area contributed by atoms with E-state index >= 15 is 0 Å². The number of carboxylic acid groups (broad SMARTS) is 1. The predicted octanol–water partition coefficient (Wildman–Crippen LogP) is 5.31. The summed E-state index contributed by atoms with van der Waals surface area (Å²) < 4.78 is 27.8. The molecule has 4 fully saturated rings. The molecule has 28 heteroatoms. The van der Waals surface area contributed by atoms with E-state index in [0.29, 0.717) is 54.5 Å². The number of nitrogens with one attached hydrogen (secondary N) is 5. The van der Waals surface area contributed by atoms with Gasteiger partial charge in [0.2, 0.25) is 17.6 Å². The highest BCUT2D eigenvalue weighted by molar-refractivity contribution is 6.17. The fourth-order valence-corrected chi connectivity index (χ4v) is 10.6. The number of hydrogen-bond acceptors (Lipinski definition) is 15. The van der Waals surface area contributed by atoms with E-state index in [1.807, 2.05) is 24.3 Å². The van der Waals surface area contributed by atoms with Gasteiger partial charge in [-0.2, -0.15) is 10.4 Å². The minimum absolute atomic E-state index is 0. The summed E-state index contributed by atoms with van der Waals surface area (Å²) in [5.74, 6) is -4.29. The number of hydrogen-bond donors (Lipinski definition) is 6. The molecule has 9 amide bonds. The van der Waals surface area contributed by atoms with Crippen molar-refractivity contribution in [3.8, 4) is 22.8 Å². The number of likely N-dealkylation sites (tertiary alicyclic amines) is 1. The summed E-state index contributed by atoms with van der Waals surface area (Å²) in [6.45, 7) is 12.2. The lowest BCUT2D eigenvalue weighted by atomic mass is 9.85. The summed E-state index contributed by atoms with van der Waals surface area (Å²) >= 11 is 0. The molecule has 2 aromatic heterocycles. The lowest BCUT2D eigenvalue weighted by Gasteiger charge is -2.43. The van der Waals surface area contributed by atoms with Gasteiger partial charge in [0.15, 0.2) is 0 Å². The average Bonchev–Trinajstić information content (AvgIpc) is 4.30. The maximum absolute atomic E-state index is 14.3. The third-order valence-electron chi connectivity index (χ3n) is 15.2. The number of rotatable bonds is 12. The number of imide groups is 2. The fraction of sp³-hybridized carbons (Fsp3) is 0.393. The second-order valence-electron chi connectivity index (χ2n) is 21.4. The Morgan fingerprint density at radius 1 is 0.595 bits per heavy atom. The monoisotopic (exact) mass is 1180 g/mol. The molecule has 0 radical (unpaired) electrons. The number of aromatic amines is 2. The zero-order valence-corrected chi connectivity index (χ0v) is 48.2. The highest BCUT2D eigenvalue weighted by Gasteiger charge is 2.59. The molecule has 4 aliphatic heterocycles. The number of benzene rings is 4. The van der Waals surface area contributed by atoms with Crippen LogP contribution in [-0.2, 0) is 19.2 Å². The van der Waals surface area contributed by atoms with Gasteiger partial charge in [0.1, 0.15) is 34.8 Å². The van der Waals surface area contributed by atoms with Gasteiger partial charge in [-0.15, -0.1) is 32.8 Å². The first-order valence-electron chi connectivity index (χ1n) is 26.8. The SMILES string of the molecule is CN1C(=O)N(c2ccc(-c3nn[nH]n3)cc2)C2(CCNCC2)C1=O.Cc1ccc(F)c(C(=O)N[C@@H](C(=O)N2CCC3(CC2)C(=O)N(C)C(=O)N3c2ccc(-c3nn[nH]n3)cc2)C(C)C)c1.Cc1ccc(F)c(C(=O)N[C@@H](C(=O)O)C(C)C)c1.Cl. The molecule has 0 unspecified atom stereocenters.